The van der Waals surface area contributed by atoms with Crippen molar-refractivity contribution in [3.05, 3.63) is 40.7 Å². The van der Waals surface area contributed by atoms with E-state index in [-0.39, 0.29) is 11.5 Å². The zero-order chi connectivity index (χ0) is 16.5. The van der Waals surface area contributed by atoms with E-state index in [1.165, 1.54) is 6.92 Å². The number of rotatable bonds is 3. The predicted octanol–water partition coefficient (Wildman–Crippen LogP) is 2.33. The predicted molar refractivity (Wildman–Crippen MR) is 71.0 cm³/mol. The molecule has 1 amide bonds. The fraction of sp³-hybridized carbons (Fsp3) is 0.385. The van der Waals surface area contributed by atoms with Crippen LogP contribution in [-0.4, -0.2) is 26.1 Å². The maximum atomic E-state index is 12.4. The van der Waals surface area contributed by atoms with E-state index in [1.807, 2.05) is 13.0 Å². The van der Waals surface area contributed by atoms with Crippen molar-refractivity contribution in [2.45, 2.75) is 33.0 Å². The third-order valence-corrected chi connectivity index (χ3v) is 2.84. The standard InChI is InChI=1S/C13H14F3N5O/c1-6-4-7(2)17-9(5-6)11(22)18-8(3)10-19-12(21-20-10)13(14,15)16/h4-5,8H,1-3H3,(H,18,22)(H,19,20,21). The van der Waals surface area contributed by atoms with E-state index in [1.54, 1.807) is 13.0 Å². The first-order chi connectivity index (χ1) is 10.2. The molecule has 2 N–H and O–H groups in total. The van der Waals surface area contributed by atoms with Crippen LogP contribution in [0.4, 0.5) is 13.2 Å². The van der Waals surface area contributed by atoms with Crippen molar-refractivity contribution in [2.75, 3.05) is 0 Å². The molecular weight excluding hydrogens is 299 g/mol. The van der Waals surface area contributed by atoms with Gasteiger partial charge in [0, 0.05) is 5.69 Å². The molecule has 0 saturated carbocycles. The van der Waals surface area contributed by atoms with Crippen molar-refractivity contribution in [1.29, 1.82) is 0 Å². The molecule has 1 atom stereocenters. The molecule has 0 aliphatic carbocycles. The quantitative estimate of drug-likeness (QED) is 0.911. The smallest absolute Gasteiger partial charge is 0.341 e. The van der Waals surface area contributed by atoms with Gasteiger partial charge in [-0.25, -0.2) is 9.97 Å². The van der Waals surface area contributed by atoms with Gasteiger partial charge < -0.3 is 5.32 Å². The van der Waals surface area contributed by atoms with Gasteiger partial charge in [-0.15, -0.1) is 5.10 Å². The Kier molecular flexibility index (Phi) is 4.16. The van der Waals surface area contributed by atoms with Gasteiger partial charge in [-0.1, -0.05) is 0 Å². The van der Waals surface area contributed by atoms with Crippen LogP contribution in [-0.2, 0) is 6.18 Å². The number of carbonyl (C=O) groups excluding carboxylic acids is 1. The maximum absolute atomic E-state index is 12.4. The number of aryl methyl sites for hydroxylation is 2. The van der Waals surface area contributed by atoms with Gasteiger partial charge in [0.15, 0.2) is 0 Å². The van der Waals surface area contributed by atoms with Crippen LogP contribution in [0, 0.1) is 13.8 Å². The van der Waals surface area contributed by atoms with Crippen LogP contribution in [0.15, 0.2) is 12.1 Å². The number of pyridine rings is 1. The van der Waals surface area contributed by atoms with Crippen LogP contribution < -0.4 is 5.32 Å². The van der Waals surface area contributed by atoms with Gasteiger partial charge in [-0.2, -0.15) is 13.2 Å². The molecule has 2 aromatic heterocycles. The summed E-state index contributed by atoms with van der Waals surface area (Å²) < 4.78 is 37.3. The van der Waals surface area contributed by atoms with E-state index >= 15 is 0 Å². The Morgan fingerprint density at radius 2 is 1.95 bits per heavy atom. The van der Waals surface area contributed by atoms with Gasteiger partial charge in [0.1, 0.15) is 11.5 Å². The van der Waals surface area contributed by atoms with Gasteiger partial charge in [0.05, 0.1) is 6.04 Å². The molecule has 0 aromatic carbocycles. The number of halogens is 3. The number of alkyl halides is 3. The number of nitrogens with zero attached hydrogens (tertiary/aromatic N) is 3. The molecular formula is C13H14F3N5O. The fourth-order valence-electron chi connectivity index (χ4n) is 1.89. The van der Waals surface area contributed by atoms with Crippen molar-refractivity contribution in [3.8, 4) is 0 Å². The molecule has 0 radical (unpaired) electrons. The van der Waals surface area contributed by atoms with Crippen LogP contribution in [0.1, 0.15) is 46.4 Å². The number of H-pyrrole nitrogens is 1. The number of amides is 1. The Morgan fingerprint density at radius 1 is 1.27 bits per heavy atom. The summed E-state index contributed by atoms with van der Waals surface area (Å²) in [5.41, 5.74) is 1.74. The second kappa shape index (κ2) is 5.74. The highest BCUT2D eigenvalue weighted by Gasteiger charge is 2.36. The second-order valence-corrected chi connectivity index (χ2v) is 4.91. The summed E-state index contributed by atoms with van der Waals surface area (Å²) in [6, 6.07) is 2.64. The minimum Gasteiger partial charge on any atom is -0.341 e. The second-order valence-electron chi connectivity index (χ2n) is 4.91. The van der Waals surface area contributed by atoms with E-state index in [9.17, 15) is 18.0 Å². The topological polar surface area (TPSA) is 83.6 Å². The number of aromatic amines is 1. The Labute approximate surface area is 124 Å². The molecule has 0 spiro atoms. The Bertz CT molecular complexity index is 675. The molecule has 6 nitrogen and oxygen atoms in total. The lowest BCUT2D eigenvalue weighted by molar-refractivity contribution is -0.144. The highest BCUT2D eigenvalue weighted by Crippen LogP contribution is 2.26. The van der Waals surface area contributed by atoms with Crippen LogP contribution in [0.25, 0.3) is 0 Å². The molecule has 0 saturated heterocycles. The summed E-state index contributed by atoms with van der Waals surface area (Å²) in [6.45, 7) is 5.07. The Balaban J connectivity index is 2.12. The van der Waals surface area contributed by atoms with Gasteiger partial charge in [0.25, 0.3) is 11.7 Å². The third kappa shape index (κ3) is 3.60. The summed E-state index contributed by atoms with van der Waals surface area (Å²) in [5.74, 6) is -1.84. The van der Waals surface area contributed by atoms with E-state index in [0.717, 1.165) is 5.56 Å². The molecule has 0 aliphatic heterocycles. The SMILES string of the molecule is Cc1cc(C)nc(C(=O)NC(C)c2nc(C(F)(F)F)n[nH]2)c1. The monoisotopic (exact) mass is 313 g/mol. The van der Waals surface area contributed by atoms with Gasteiger partial charge >= 0.3 is 6.18 Å². The van der Waals surface area contributed by atoms with E-state index < -0.39 is 23.9 Å². The summed E-state index contributed by atoms with van der Waals surface area (Å²) in [6.07, 6.45) is -4.63. The van der Waals surface area contributed by atoms with Crippen LogP contribution >= 0.6 is 0 Å². The number of hydrogen-bond donors (Lipinski definition) is 2. The normalized spacial score (nSPS) is 13.0. The fourth-order valence-corrected chi connectivity index (χ4v) is 1.89. The molecule has 1 unspecified atom stereocenters. The van der Waals surface area contributed by atoms with E-state index in [4.69, 9.17) is 0 Å². The third-order valence-electron chi connectivity index (χ3n) is 2.84. The molecule has 0 aliphatic rings. The minimum atomic E-state index is -4.63. The van der Waals surface area contributed by atoms with Crippen molar-refractivity contribution < 1.29 is 18.0 Å². The van der Waals surface area contributed by atoms with Gasteiger partial charge in [-0.3, -0.25) is 9.89 Å². The zero-order valence-corrected chi connectivity index (χ0v) is 12.1. The van der Waals surface area contributed by atoms with Crippen molar-refractivity contribution in [3.63, 3.8) is 0 Å². The molecule has 22 heavy (non-hydrogen) atoms. The molecule has 9 heteroatoms. The molecule has 0 bridgehead atoms. The zero-order valence-electron chi connectivity index (χ0n) is 12.1. The van der Waals surface area contributed by atoms with Crippen molar-refractivity contribution in [2.24, 2.45) is 0 Å². The summed E-state index contributed by atoms with van der Waals surface area (Å²) in [5, 5.41) is 7.79. The first-order valence-corrected chi connectivity index (χ1v) is 6.42. The van der Waals surface area contributed by atoms with Gasteiger partial charge in [0.2, 0.25) is 0 Å². The largest absolute Gasteiger partial charge is 0.453 e. The summed E-state index contributed by atoms with van der Waals surface area (Å²) in [4.78, 5) is 19.5. The van der Waals surface area contributed by atoms with Crippen molar-refractivity contribution in [1.82, 2.24) is 25.5 Å². The van der Waals surface area contributed by atoms with E-state index in [2.05, 4.69) is 25.5 Å². The van der Waals surface area contributed by atoms with Gasteiger partial charge in [-0.05, 0) is 38.5 Å². The molecule has 118 valence electrons. The number of aromatic nitrogens is 4. The minimum absolute atomic E-state index is 0.0787. The average Bonchev–Trinajstić information content (AvgIpc) is 2.86. The lowest BCUT2D eigenvalue weighted by Gasteiger charge is -2.11. The molecule has 2 aromatic rings. The maximum Gasteiger partial charge on any atom is 0.453 e. The molecule has 2 rings (SSSR count). The highest BCUT2D eigenvalue weighted by atomic mass is 19.4. The first-order valence-electron chi connectivity index (χ1n) is 6.42. The highest BCUT2D eigenvalue weighted by molar-refractivity contribution is 5.92. The van der Waals surface area contributed by atoms with Crippen LogP contribution in [0.5, 0.6) is 0 Å². The van der Waals surface area contributed by atoms with Crippen molar-refractivity contribution >= 4 is 5.91 Å². The lowest BCUT2D eigenvalue weighted by atomic mass is 10.2. The number of carbonyl (C=O) groups is 1. The molecule has 0 fully saturated rings. The Morgan fingerprint density at radius 3 is 2.50 bits per heavy atom. The summed E-state index contributed by atoms with van der Waals surface area (Å²) >= 11 is 0. The summed E-state index contributed by atoms with van der Waals surface area (Å²) in [7, 11) is 0. The first kappa shape index (κ1) is 15.9. The Hall–Kier alpha value is -2.45. The number of hydrogen-bond acceptors (Lipinski definition) is 4. The van der Waals surface area contributed by atoms with Crippen LogP contribution in [0.3, 0.4) is 0 Å². The van der Waals surface area contributed by atoms with Crippen LogP contribution in [0.2, 0.25) is 0 Å². The number of nitrogens with one attached hydrogen (secondary N) is 2. The van der Waals surface area contributed by atoms with E-state index in [0.29, 0.717) is 5.69 Å². The average molecular weight is 313 g/mol. The molecule has 2 heterocycles. The lowest BCUT2D eigenvalue weighted by Crippen LogP contribution is -2.28.